The highest BCUT2D eigenvalue weighted by Crippen LogP contribution is 2.29. The van der Waals surface area contributed by atoms with Gasteiger partial charge in [0.2, 0.25) is 11.7 Å². The maximum absolute atomic E-state index is 12.6. The summed E-state index contributed by atoms with van der Waals surface area (Å²) in [5.41, 5.74) is 1.68. The molecular weight excluding hydrogens is 307 g/mol. The van der Waals surface area contributed by atoms with Crippen molar-refractivity contribution in [2.45, 2.75) is 12.6 Å². The summed E-state index contributed by atoms with van der Waals surface area (Å²) in [6, 6.07) is 13.5. The van der Waals surface area contributed by atoms with E-state index < -0.39 is 12.0 Å². The summed E-state index contributed by atoms with van der Waals surface area (Å²) in [6.07, 6.45) is -4.34. The fourth-order valence-corrected chi connectivity index (χ4v) is 2.21. The molecule has 3 rings (SSSR count). The van der Waals surface area contributed by atoms with E-state index in [4.69, 9.17) is 0 Å². The molecule has 0 radical (unpaired) electrons. The van der Waals surface area contributed by atoms with Gasteiger partial charge >= 0.3 is 6.18 Å². The van der Waals surface area contributed by atoms with Gasteiger partial charge in [0, 0.05) is 5.69 Å². The molecule has 0 aliphatic heterocycles. The number of nitrogens with zero attached hydrogens (tertiary/aromatic N) is 1. The Balaban J connectivity index is 1.77. The van der Waals surface area contributed by atoms with Gasteiger partial charge in [-0.1, -0.05) is 30.3 Å². The van der Waals surface area contributed by atoms with Crippen LogP contribution in [0.15, 0.2) is 48.5 Å². The van der Waals surface area contributed by atoms with Crippen molar-refractivity contribution in [2.24, 2.45) is 0 Å². The Morgan fingerprint density at radius 3 is 2.57 bits per heavy atom. The van der Waals surface area contributed by atoms with Crippen LogP contribution in [-0.4, -0.2) is 15.9 Å². The van der Waals surface area contributed by atoms with E-state index in [0.717, 1.165) is 5.56 Å². The molecule has 0 spiro atoms. The van der Waals surface area contributed by atoms with E-state index in [1.807, 2.05) is 30.3 Å². The van der Waals surface area contributed by atoms with Gasteiger partial charge in [0.05, 0.1) is 17.5 Å². The predicted octanol–water partition coefficient (Wildman–Crippen LogP) is 3.76. The number of benzene rings is 2. The normalized spacial score (nSPS) is 11.6. The van der Waals surface area contributed by atoms with Gasteiger partial charge in [-0.25, -0.2) is 4.98 Å². The van der Waals surface area contributed by atoms with E-state index in [9.17, 15) is 18.0 Å². The monoisotopic (exact) mass is 319 g/mol. The molecule has 1 aromatic heterocycles. The number of amides is 1. The van der Waals surface area contributed by atoms with Crippen LogP contribution in [0.3, 0.4) is 0 Å². The molecule has 0 fully saturated rings. The van der Waals surface area contributed by atoms with Gasteiger partial charge in [-0.05, 0) is 23.8 Å². The average Bonchev–Trinajstić information content (AvgIpc) is 2.91. The molecule has 0 saturated carbocycles. The maximum Gasteiger partial charge on any atom is 0.449 e. The number of alkyl halides is 3. The summed E-state index contributed by atoms with van der Waals surface area (Å²) < 4.78 is 37.8. The number of hydrogen-bond acceptors (Lipinski definition) is 2. The Morgan fingerprint density at radius 1 is 1.13 bits per heavy atom. The highest BCUT2D eigenvalue weighted by atomic mass is 19.4. The van der Waals surface area contributed by atoms with Crippen LogP contribution in [0.5, 0.6) is 0 Å². The first kappa shape index (κ1) is 15.1. The van der Waals surface area contributed by atoms with Crippen molar-refractivity contribution in [1.82, 2.24) is 9.97 Å². The maximum atomic E-state index is 12.6. The number of hydrogen-bond donors (Lipinski definition) is 2. The van der Waals surface area contributed by atoms with Crippen molar-refractivity contribution in [3.8, 4) is 0 Å². The van der Waals surface area contributed by atoms with Crippen LogP contribution in [0.4, 0.5) is 18.9 Å². The molecule has 23 heavy (non-hydrogen) atoms. The number of halogens is 3. The molecule has 3 aromatic rings. The number of fused-ring (bicyclic) bond motifs is 1. The number of aromatic amines is 1. The van der Waals surface area contributed by atoms with Crippen molar-refractivity contribution < 1.29 is 18.0 Å². The Bertz CT molecular complexity index is 841. The van der Waals surface area contributed by atoms with Crippen LogP contribution in [0.1, 0.15) is 11.4 Å². The molecule has 1 heterocycles. The number of imidazole rings is 1. The van der Waals surface area contributed by atoms with Gasteiger partial charge in [-0.2, -0.15) is 13.2 Å². The van der Waals surface area contributed by atoms with Gasteiger partial charge in [-0.15, -0.1) is 0 Å². The molecule has 0 unspecified atom stereocenters. The molecule has 4 nitrogen and oxygen atoms in total. The van der Waals surface area contributed by atoms with Gasteiger partial charge in [0.15, 0.2) is 0 Å². The zero-order valence-corrected chi connectivity index (χ0v) is 11.8. The van der Waals surface area contributed by atoms with E-state index >= 15 is 0 Å². The van der Waals surface area contributed by atoms with Crippen molar-refractivity contribution in [3.63, 3.8) is 0 Å². The summed E-state index contributed by atoms with van der Waals surface area (Å²) in [7, 11) is 0. The number of carbonyl (C=O) groups excluding carboxylic acids is 1. The van der Waals surface area contributed by atoms with E-state index in [-0.39, 0.29) is 23.4 Å². The third kappa shape index (κ3) is 3.50. The second-order valence-electron chi connectivity index (χ2n) is 5.03. The third-order valence-corrected chi connectivity index (χ3v) is 3.24. The fourth-order valence-electron chi connectivity index (χ4n) is 2.21. The van der Waals surface area contributed by atoms with Crippen LogP contribution in [-0.2, 0) is 17.4 Å². The zero-order valence-electron chi connectivity index (χ0n) is 11.8. The minimum Gasteiger partial charge on any atom is -0.334 e. The van der Waals surface area contributed by atoms with Crippen molar-refractivity contribution >= 4 is 22.6 Å². The lowest BCUT2D eigenvalue weighted by atomic mass is 10.1. The smallest absolute Gasteiger partial charge is 0.334 e. The molecule has 0 atom stereocenters. The SMILES string of the molecule is O=C(Cc1ccccc1)Nc1ccc2nc(C(F)(F)F)[nH]c2c1. The molecule has 2 N–H and O–H groups in total. The molecule has 0 aliphatic carbocycles. The lowest BCUT2D eigenvalue weighted by molar-refractivity contribution is -0.144. The summed E-state index contributed by atoms with van der Waals surface area (Å²) in [5.74, 6) is -1.30. The van der Waals surface area contributed by atoms with Crippen LogP contribution < -0.4 is 5.32 Å². The summed E-state index contributed by atoms with van der Waals surface area (Å²) >= 11 is 0. The minimum atomic E-state index is -4.53. The fraction of sp³-hybridized carbons (Fsp3) is 0.125. The predicted molar refractivity (Wildman–Crippen MR) is 79.9 cm³/mol. The van der Waals surface area contributed by atoms with Crippen LogP contribution >= 0.6 is 0 Å². The van der Waals surface area contributed by atoms with E-state index in [2.05, 4.69) is 15.3 Å². The molecule has 0 saturated heterocycles. The van der Waals surface area contributed by atoms with E-state index in [1.54, 1.807) is 0 Å². The molecular formula is C16H12F3N3O. The number of carbonyl (C=O) groups is 1. The third-order valence-electron chi connectivity index (χ3n) is 3.24. The molecule has 7 heteroatoms. The molecule has 0 aliphatic rings. The standard InChI is InChI=1S/C16H12F3N3O/c17-16(18,19)15-21-12-7-6-11(9-13(12)22-15)20-14(23)8-10-4-2-1-3-5-10/h1-7,9H,8H2,(H,20,23)(H,21,22). The lowest BCUT2D eigenvalue weighted by Gasteiger charge is -2.05. The Morgan fingerprint density at radius 2 is 1.87 bits per heavy atom. The molecule has 0 bridgehead atoms. The largest absolute Gasteiger partial charge is 0.449 e. The summed E-state index contributed by atoms with van der Waals surface area (Å²) in [6.45, 7) is 0. The summed E-state index contributed by atoms with van der Waals surface area (Å²) in [5, 5.41) is 2.66. The zero-order chi connectivity index (χ0) is 16.4. The van der Waals surface area contributed by atoms with E-state index in [0.29, 0.717) is 5.69 Å². The van der Waals surface area contributed by atoms with Crippen LogP contribution in [0.2, 0.25) is 0 Å². The molecule has 118 valence electrons. The number of anilines is 1. The number of nitrogens with one attached hydrogen (secondary N) is 2. The Hall–Kier alpha value is -2.83. The van der Waals surface area contributed by atoms with Gasteiger partial charge in [-0.3, -0.25) is 4.79 Å². The number of aromatic nitrogens is 2. The highest BCUT2D eigenvalue weighted by molar-refractivity contribution is 5.94. The average molecular weight is 319 g/mol. The first-order valence-electron chi connectivity index (χ1n) is 6.82. The second kappa shape index (κ2) is 5.75. The van der Waals surface area contributed by atoms with Crippen LogP contribution in [0, 0.1) is 0 Å². The Kier molecular flexibility index (Phi) is 3.77. The molecule has 2 aromatic carbocycles. The van der Waals surface area contributed by atoms with Crippen molar-refractivity contribution in [3.05, 3.63) is 59.9 Å². The van der Waals surface area contributed by atoms with Crippen molar-refractivity contribution in [1.29, 1.82) is 0 Å². The number of H-pyrrole nitrogens is 1. The summed E-state index contributed by atoms with van der Waals surface area (Å²) in [4.78, 5) is 17.7. The first-order chi connectivity index (χ1) is 10.9. The second-order valence-corrected chi connectivity index (χ2v) is 5.03. The highest BCUT2D eigenvalue weighted by Gasteiger charge is 2.34. The Labute approximate surface area is 129 Å². The van der Waals surface area contributed by atoms with Gasteiger partial charge in [0.25, 0.3) is 0 Å². The van der Waals surface area contributed by atoms with Gasteiger partial charge in [0.1, 0.15) is 0 Å². The lowest BCUT2D eigenvalue weighted by Crippen LogP contribution is -2.14. The quantitative estimate of drug-likeness (QED) is 0.772. The first-order valence-corrected chi connectivity index (χ1v) is 6.82. The topological polar surface area (TPSA) is 57.8 Å². The van der Waals surface area contributed by atoms with Crippen LogP contribution in [0.25, 0.3) is 11.0 Å². The van der Waals surface area contributed by atoms with Crippen molar-refractivity contribution in [2.75, 3.05) is 5.32 Å². The number of rotatable bonds is 3. The van der Waals surface area contributed by atoms with Gasteiger partial charge < -0.3 is 10.3 Å². The van der Waals surface area contributed by atoms with E-state index in [1.165, 1.54) is 18.2 Å². The molecule has 1 amide bonds. The minimum absolute atomic E-state index is 0.190.